The second-order valence-electron chi connectivity index (χ2n) is 7.93. The highest BCUT2D eigenvalue weighted by molar-refractivity contribution is 6.31. The van der Waals surface area contributed by atoms with Gasteiger partial charge in [0.05, 0.1) is 6.54 Å². The maximum atomic E-state index is 12.6. The summed E-state index contributed by atoms with van der Waals surface area (Å²) in [5.74, 6) is 0.568. The molecule has 1 atom stereocenters. The van der Waals surface area contributed by atoms with Gasteiger partial charge < -0.3 is 20.4 Å². The fourth-order valence-electron chi connectivity index (χ4n) is 3.97. The first kappa shape index (κ1) is 23.0. The molecule has 1 aromatic rings. The van der Waals surface area contributed by atoms with Crippen LogP contribution >= 0.6 is 11.6 Å². The first-order chi connectivity index (χ1) is 14.2. The summed E-state index contributed by atoms with van der Waals surface area (Å²) in [4.78, 5) is 10.3. The van der Waals surface area contributed by atoms with Crippen LogP contribution in [-0.4, -0.2) is 87.9 Å². The second-order valence-corrected chi connectivity index (χ2v) is 8.34. The third-order valence-corrected chi connectivity index (χ3v) is 5.96. The van der Waals surface area contributed by atoms with Crippen LogP contribution in [0.2, 0.25) is 5.02 Å². The lowest BCUT2D eigenvalue weighted by atomic mass is 10.1. The van der Waals surface area contributed by atoms with Crippen molar-refractivity contribution in [3.63, 3.8) is 0 Å². The molecule has 1 aromatic carbocycles. The van der Waals surface area contributed by atoms with Gasteiger partial charge in [-0.3, -0.25) is 9.89 Å². The number of aliphatic imine (C=N–C) groups is 1. The number of hydrogen-bond donors (Lipinski definition) is 2. The lowest BCUT2D eigenvalue weighted by Gasteiger charge is -2.35. The third kappa shape index (κ3) is 6.39. The fourth-order valence-corrected chi connectivity index (χ4v) is 4.21. The zero-order valence-corrected chi connectivity index (χ0v) is 18.2. The molecule has 2 aliphatic heterocycles. The lowest BCUT2D eigenvalue weighted by Crippen LogP contribution is -2.46. The molecule has 2 N–H and O–H groups in total. The van der Waals surface area contributed by atoms with Gasteiger partial charge in [-0.25, -0.2) is 0 Å². The minimum atomic E-state index is -4.17. The first-order valence-corrected chi connectivity index (χ1v) is 10.6. The smallest absolute Gasteiger partial charge is 0.369 e. The van der Waals surface area contributed by atoms with Crippen molar-refractivity contribution in [1.29, 1.82) is 0 Å². The molecule has 10 heteroatoms. The highest BCUT2D eigenvalue weighted by Gasteiger charge is 2.34. The monoisotopic (exact) mass is 446 g/mol. The van der Waals surface area contributed by atoms with Gasteiger partial charge in [-0.1, -0.05) is 17.7 Å². The zero-order chi connectivity index (χ0) is 21.7. The number of anilines is 1. The molecule has 0 radical (unpaired) electrons. The third-order valence-electron chi connectivity index (χ3n) is 5.61. The molecule has 0 aromatic heterocycles. The van der Waals surface area contributed by atoms with Crippen LogP contribution in [-0.2, 0) is 6.54 Å². The van der Waals surface area contributed by atoms with Crippen molar-refractivity contribution in [3.8, 4) is 0 Å². The zero-order valence-electron chi connectivity index (χ0n) is 17.5. The summed E-state index contributed by atoms with van der Waals surface area (Å²) in [6, 6.07) is 5.85. The van der Waals surface area contributed by atoms with E-state index < -0.39 is 12.7 Å². The number of likely N-dealkylation sites (tertiary alicyclic amines) is 1. The average molecular weight is 447 g/mol. The van der Waals surface area contributed by atoms with Crippen LogP contribution in [0.4, 0.5) is 18.9 Å². The van der Waals surface area contributed by atoms with Gasteiger partial charge in [0.25, 0.3) is 0 Å². The van der Waals surface area contributed by atoms with Crippen molar-refractivity contribution >= 4 is 23.2 Å². The van der Waals surface area contributed by atoms with Crippen LogP contribution in [0.5, 0.6) is 0 Å². The van der Waals surface area contributed by atoms with Crippen molar-refractivity contribution < 1.29 is 13.2 Å². The van der Waals surface area contributed by atoms with Gasteiger partial charge in [0, 0.05) is 75.2 Å². The van der Waals surface area contributed by atoms with Crippen molar-refractivity contribution in [1.82, 2.24) is 20.4 Å². The number of hydrogen-bond acceptors (Lipinski definition) is 4. The molecule has 0 saturated carbocycles. The largest absolute Gasteiger partial charge is 0.401 e. The lowest BCUT2D eigenvalue weighted by molar-refractivity contribution is -0.143. The van der Waals surface area contributed by atoms with Gasteiger partial charge >= 0.3 is 6.18 Å². The Labute approximate surface area is 181 Å². The minimum Gasteiger partial charge on any atom is -0.369 e. The number of benzene rings is 1. The van der Waals surface area contributed by atoms with E-state index in [2.05, 4.69) is 38.5 Å². The van der Waals surface area contributed by atoms with Gasteiger partial charge in [-0.2, -0.15) is 13.2 Å². The number of nitrogens with one attached hydrogen (secondary N) is 2. The second kappa shape index (κ2) is 10.1. The van der Waals surface area contributed by atoms with E-state index in [1.54, 1.807) is 7.05 Å². The van der Waals surface area contributed by atoms with Gasteiger partial charge in [0.2, 0.25) is 0 Å². The maximum Gasteiger partial charge on any atom is 0.401 e. The fraction of sp³-hybridized carbons (Fsp3) is 0.650. The van der Waals surface area contributed by atoms with E-state index in [9.17, 15) is 13.2 Å². The number of halogens is 4. The first-order valence-electron chi connectivity index (χ1n) is 10.2. The highest BCUT2D eigenvalue weighted by Crippen LogP contribution is 2.28. The predicted octanol–water partition coefficient (Wildman–Crippen LogP) is 2.39. The summed E-state index contributed by atoms with van der Waals surface area (Å²) in [5, 5.41) is 7.21. The van der Waals surface area contributed by atoms with Crippen molar-refractivity contribution in [2.75, 3.05) is 64.8 Å². The topological polar surface area (TPSA) is 46.1 Å². The van der Waals surface area contributed by atoms with Gasteiger partial charge in [-0.15, -0.1) is 0 Å². The number of alkyl halides is 3. The quantitative estimate of drug-likeness (QED) is 0.537. The van der Waals surface area contributed by atoms with Crippen LogP contribution in [0.25, 0.3) is 0 Å². The molecule has 0 aliphatic carbocycles. The molecule has 0 amide bonds. The van der Waals surface area contributed by atoms with Crippen LogP contribution < -0.4 is 15.5 Å². The van der Waals surface area contributed by atoms with Crippen LogP contribution in [0.3, 0.4) is 0 Å². The number of piperazine rings is 1. The Morgan fingerprint density at radius 3 is 2.60 bits per heavy atom. The molecule has 168 valence electrons. The molecule has 2 aliphatic rings. The molecule has 3 rings (SSSR count). The average Bonchev–Trinajstić information content (AvgIpc) is 3.11. The molecule has 6 nitrogen and oxygen atoms in total. The number of nitrogens with zero attached hydrogens (tertiary/aromatic N) is 4. The Bertz CT molecular complexity index is 734. The summed E-state index contributed by atoms with van der Waals surface area (Å²) < 4.78 is 37.8. The van der Waals surface area contributed by atoms with E-state index in [0.29, 0.717) is 37.0 Å². The highest BCUT2D eigenvalue weighted by atomic mass is 35.5. The molecule has 2 fully saturated rings. The van der Waals surface area contributed by atoms with E-state index in [-0.39, 0.29) is 6.04 Å². The molecule has 0 spiro atoms. The summed E-state index contributed by atoms with van der Waals surface area (Å²) in [6.07, 6.45) is -3.52. The number of likely N-dealkylation sites (N-methyl/N-ethyl adjacent to an activating group) is 1. The minimum absolute atomic E-state index is 0.0677. The van der Waals surface area contributed by atoms with Crippen molar-refractivity contribution in [2.24, 2.45) is 4.99 Å². The van der Waals surface area contributed by atoms with Gasteiger partial charge in [-0.05, 0) is 25.6 Å². The van der Waals surface area contributed by atoms with E-state index in [4.69, 9.17) is 11.6 Å². The Hall–Kier alpha value is -1.71. The van der Waals surface area contributed by atoms with Gasteiger partial charge in [0.15, 0.2) is 5.96 Å². The molecule has 30 heavy (non-hydrogen) atoms. The Kier molecular flexibility index (Phi) is 7.70. The molecule has 0 bridgehead atoms. The Morgan fingerprint density at radius 2 is 1.93 bits per heavy atom. The SMILES string of the molecule is CN=C(NCc1c(Cl)cccc1N1CCN(C)CC1)NC1CCN(CC(F)(F)F)C1. The standard InChI is InChI=1S/C20H30ClF3N6/c1-25-19(27-15-6-7-29(13-15)14-20(22,23)24)26-12-16-17(21)4-3-5-18(16)30-10-8-28(2)9-11-30/h3-5,15H,6-14H2,1-2H3,(H2,25,26,27). The van der Waals surface area contributed by atoms with E-state index in [1.807, 2.05) is 12.1 Å². The van der Waals surface area contributed by atoms with Gasteiger partial charge in [0.1, 0.15) is 0 Å². The van der Waals surface area contributed by atoms with E-state index in [1.165, 1.54) is 4.90 Å². The maximum absolute atomic E-state index is 12.6. The molecular formula is C20H30ClF3N6. The summed E-state index contributed by atoms with van der Waals surface area (Å²) in [6.45, 7) is 4.26. The van der Waals surface area contributed by atoms with E-state index >= 15 is 0 Å². The summed E-state index contributed by atoms with van der Waals surface area (Å²) in [5.41, 5.74) is 2.10. The van der Waals surface area contributed by atoms with Crippen molar-refractivity contribution in [2.45, 2.75) is 25.2 Å². The number of rotatable bonds is 5. The summed E-state index contributed by atoms with van der Waals surface area (Å²) in [7, 11) is 3.78. The van der Waals surface area contributed by atoms with Crippen molar-refractivity contribution in [3.05, 3.63) is 28.8 Å². The molecule has 2 saturated heterocycles. The molecular weight excluding hydrogens is 417 g/mol. The molecule has 2 heterocycles. The van der Waals surface area contributed by atoms with Crippen LogP contribution in [0.1, 0.15) is 12.0 Å². The van der Waals surface area contributed by atoms with Crippen LogP contribution in [0.15, 0.2) is 23.2 Å². The van der Waals surface area contributed by atoms with Crippen LogP contribution in [0, 0.1) is 0 Å². The number of guanidine groups is 1. The predicted molar refractivity (Wildman–Crippen MR) is 115 cm³/mol. The summed E-state index contributed by atoms with van der Waals surface area (Å²) >= 11 is 6.50. The normalized spacial score (nSPS) is 21.9. The van der Waals surface area contributed by atoms with E-state index in [0.717, 1.165) is 37.4 Å². The Balaban J connectivity index is 1.58. The Morgan fingerprint density at radius 1 is 1.20 bits per heavy atom. The molecule has 1 unspecified atom stereocenters.